The molecule has 3 aromatic rings. The Morgan fingerprint density at radius 3 is 2.52 bits per heavy atom. The van der Waals surface area contributed by atoms with Crippen LogP contribution in [-0.2, 0) is 0 Å². The molecule has 2 aromatic carbocycles. The van der Waals surface area contributed by atoms with E-state index in [0.29, 0.717) is 0 Å². The van der Waals surface area contributed by atoms with E-state index in [1.165, 1.54) is 48.5 Å². The lowest BCUT2D eigenvalue weighted by Crippen LogP contribution is -2.11. The van der Waals surface area contributed by atoms with Crippen molar-refractivity contribution in [2.75, 3.05) is 5.32 Å². The molecule has 0 unspecified atom stereocenters. The van der Waals surface area contributed by atoms with Crippen LogP contribution in [0.4, 0.5) is 11.4 Å². The quantitative estimate of drug-likeness (QED) is 0.493. The van der Waals surface area contributed by atoms with Gasteiger partial charge in [-0.15, -0.1) is 0 Å². The predicted molar refractivity (Wildman–Crippen MR) is 97.2 cm³/mol. The Morgan fingerprint density at radius 2 is 1.85 bits per heavy atom. The van der Waals surface area contributed by atoms with Crippen molar-refractivity contribution in [2.24, 2.45) is 0 Å². The van der Waals surface area contributed by atoms with E-state index in [1.54, 1.807) is 6.07 Å². The number of carboxylic acid groups (broad SMARTS) is 1. The Bertz CT molecular complexity index is 1060. The molecule has 27 heavy (non-hydrogen) atoms. The predicted octanol–water partition coefficient (Wildman–Crippen LogP) is 4.46. The smallest absolute Gasteiger partial charge is 0.337 e. The van der Waals surface area contributed by atoms with E-state index >= 15 is 0 Å². The lowest BCUT2D eigenvalue weighted by molar-refractivity contribution is -0.384. The molecule has 3 rings (SSSR count). The maximum Gasteiger partial charge on any atom is 0.337 e. The highest BCUT2D eigenvalue weighted by Crippen LogP contribution is 2.31. The van der Waals surface area contributed by atoms with Gasteiger partial charge >= 0.3 is 5.97 Å². The maximum atomic E-state index is 12.3. The Hall–Kier alpha value is -3.65. The molecule has 1 heterocycles. The number of nitro benzene ring substituents is 1. The van der Waals surface area contributed by atoms with Crippen LogP contribution in [0.15, 0.2) is 59.0 Å². The number of furan rings is 1. The number of carbonyl (C=O) groups is 2. The van der Waals surface area contributed by atoms with Crippen LogP contribution in [0.25, 0.3) is 11.3 Å². The minimum atomic E-state index is -1.18. The molecule has 0 aliphatic carbocycles. The van der Waals surface area contributed by atoms with Crippen LogP contribution in [0.3, 0.4) is 0 Å². The van der Waals surface area contributed by atoms with Gasteiger partial charge in [-0.3, -0.25) is 14.9 Å². The van der Waals surface area contributed by atoms with Crippen LogP contribution < -0.4 is 5.32 Å². The summed E-state index contributed by atoms with van der Waals surface area (Å²) in [5, 5.41) is 22.6. The van der Waals surface area contributed by atoms with Crippen molar-refractivity contribution in [2.45, 2.75) is 0 Å². The summed E-state index contributed by atoms with van der Waals surface area (Å²) in [4.78, 5) is 33.8. The monoisotopic (exact) mass is 386 g/mol. The summed E-state index contributed by atoms with van der Waals surface area (Å²) in [6, 6.07) is 12.8. The second kappa shape index (κ2) is 7.30. The van der Waals surface area contributed by atoms with Crippen molar-refractivity contribution in [1.82, 2.24) is 0 Å². The van der Waals surface area contributed by atoms with E-state index in [1.807, 2.05) is 0 Å². The standard InChI is InChI=1S/C18H11ClN2O6/c19-13-9-10(5-6-11(13)18(23)24)20-17(22)16-8-7-15(27-16)12-3-1-2-4-14(12)21(25)26/h1-9H,(H,20,22)(H,23,24). The first-order valence-electron chi connectivity index (χ1n) is 7.54. The molecule has 1 aromatic heterocycles. The van der Waals surface area contributed by atoms with Gasteiger partial charge in [-0.2, -0.15) is 0 Å². The minimum Gasteiger partial charge on any atom is -0.478 e. The molecule has 8 nitrogen and oxygen atoms in total. The topological polar surface area (TPSA) is 123 Å². The fourth-order valence-electron chi connectivity index (χ4n) is 2.40. The molecule has 0 atom stereocenters. The van der Waals surface area contributed by atoms with Crippen molar-refractivity contribution in [3.05, 3.63) is 81.1 Å². The number of halogens is 1. The molecule has 9 heteroatoms. The number of anilines is 1. The van der Waals surface area contributed by atoms with Crippen LogP contribution in [0.2, 0.25) is 5.02 Å². The van der Waals surface area contributed by atoms with Crippen molar-refractivity contribution in [3.63, 3.8) is 0 Å². The zero-order chi connectivity index (χ0) is 19.6. The molecule has 136 valence electrons. The van der Waals surface area contributed by atoms with E-state index in [0.717, 1.165) is 0 Å². The van der Waals surface area contributed by atoms with Crippen LogP contribution >= 0.6 is 11.6 Å². The summed E-state index contributed by atoms with van der Waals surface area (Å²) < 4.78 is 5.44. The molecule has 0 aliphatic heterocycles. The lowest BCUT2D eigenvalue weighted by atomic mass is 10.1. The second-order valence-corrected chi connectivity index (χ2v) is 5.80. The summed E-state index contributed by atoms with van der Waals surface area (Å²) in [6.07, 6.45) is 0. The number of aromatic carboxylic acids is 1. The van der Waals surface area contributed by atoms with Crippen molar-refractivity contribution >= 4 is 34.9 Å². The van der Waals surface area contributed by atoms with E-state index in [9.17, 15) is 19.7 Å². The first-order chi connectivity index (χ1) is 12.9. The van der Waals surface area contributed by atoms with Gasteiger partial charge in [0.1, 0.15) is 5.76 Å². The molecule has 0 saturated heterocycles. The average molecular weight is 387 g/mol. The number of nitrogens with zero attached hydrogens (tertiary/aromatic N) is 1. The molecule has 0 saturated carbocycles. The van der Waals surface area contributed by atoms with Gasteiger partial charge in [0.15, 0.2) is 5.76 Å². The second-order valence-electron chi connectivity index (χ2n) is 5.39. The molecule has 2 N–H and O–H groups in total. The third kappa shape index (κ3) is 3.80. The summed E-state index contributed by atoms with van der Waals surface area (Å²) >= 11 is 5.87. The number of carbonyl (C=O) groups excluding carboxylic acids is 1. The van der Waals surface area contributed by atoms with E-state index in [4.69, 9.17) is 21.1 Å². The Labute approximate surface area is 157 Å². The van der Waals surface area contributed by atoms with Gasteiger partial charge < -0.3 is 14.8 Å². The molecule has 0 spiro atoms. The van der Waals surface area contributed by atoms with Gasteiger partial charge in [-0.1, -0.05) is 23.7 Å². The van der Waals surface area contributed by atoms with Gasteiger partial charge in [-0.25, -0.2) is 4.79 Å². The fraction of sp³-hybridized carbons (Fsp3) is 0. The van der Waals surface area contributed by atoms with Gasteiger partial charge in [-0.05, 0) is 36.4 Å². The number of hydrogen-bond acceptors (Lipinski definition) is 5. The molecule has 0 aliphatic rings. The SMILES string of the molecule is O=C(Nc1ccc(C(=O)O)c(Cl)c1)c1ccc(-c2ccccc2[N+](=O)[O-])o1. The zero-order valence-corrected chi connectivity index (χ0v) is 14.3. The fourth-order valence-corrected chi connectivity index (χ4v) is 2.67. The third-order valence-corrected chi connectivity index (χ3v) is 3.97. The number of rotatable bonds is 5. The Morgan fingerprint density at radius 1 is 1.11 bits per heavy atom. The van der Waals surface area contributed by atoms with Crippen molar-refractivity contribution in [3.8, 4) is 11.3 Å². The third-order valence-electron chi connectivity index (χ3n) is 3.65. The van der Waals surface area contributed by atoms with E-state index < -0.39 is 16.8 Å². The van der Waals surface area contributed by atoms with Crippen molar-refractivity contribution in [1.29, 1.82) is 0 Å². The van der Waals surface area contributed by atoms with E-state index in [2.05, 4.69) is 5.32 Å². The molecular weight excluding hydrogens is 376 g/mol. The zero-order valence-electron chi connectivity index (χ0n) is 13.5. The largest absolute Gasteiger partial charge is 0.478 e. The molecule has 0 bridgehead atoms. The average Bonchev–Trinajstić information content (AvgIpc) is 3.11. The van der Waals surface area contributed by atoms with Gasteiger partial charge in [0.25, 0.3) is 11.6 Å². The lowest BCUT2D eigenvalue weighted by Gasteiger charge is -2.05. The maximum absolute atomic E-state index is 12.3. The van der Waals surface area contributed by atoms with Crippen LogP contribution in [0.5, 0.6) is 0 Å². The number of hydrogen-bond donors (Lipinski definition) is 2. The van der Waals surface area contributed by atoms with Gasteiger partial charge in [0, 0.05) is 11.8 Å². The normalized spacial score (nSPS) is 10.4. The highest BCUT2D eigenvalue weighted by Gasteiger charge is 2.19. The molecule has 0 radical (unpaired) electrons. The molecular formula is C18H11ClN2O6. The van der Waals surface area contributed by atoms with Crippen molar-refractivity contribution < 1.29 is 24.0 Å². The summed E-state index contributed by atoms with van der Waals surface area (Å²) in [6.45, 7) is 0. The first kappa shape index (κ1) is 18.2. The summed E-state index contributed by atoms with van der Waals surface area (Å²) in [5.41, 5.74) is 0.287. The summed E-state index contributed by atoms with van der Waals surface area (Å²) in [5.74, 6) is -1.69. The number of amides is 1. The molecule has 0 fully saturated rings. The first-order valence-corrected chi connectivity index (χ1v) is 7.92. The highest BCUT2D eigenvalue weighted by molar-refractivity contribution is 6.33. The van der Waals surface area contributed by atoms with Crippen LogP contribution in [-0.4, -0.2) is 21.9 Å². The van der Waals surface area contributed by atoms with Crippen LogP contribution in [0, 0.1) is 10.1 Å². The Balaban J connectivity index is 1.83. The number of nitro groups is 1. The molecule has 1 amide bonds. The number of para-hydroxylation sites is 1. The number of nitrogens with one attached hydrogen (secondary N) is 1. The van der Waals surface area contributed by atoms with Crippen LogP contribution in [0.1, 0.15) is 20.9 Å². The minimum absolute atomic E-state index is 0.0275. The van der Waals surface area contributed by atoms with Gasteiger partial charge in [0.2, 0.25) is 0 Å². The summed E-state index contributed by atoms with van der Waals surface area (Å²) in [7, 11) is 0. The Kier molecular flexibility index (Phi) is 4.91. The van der Waals surface area contributed by atoms with E-state index in [-0.39, 0.29) is 39.0 Å². The number of carboxylic acids is 1. The number of benzene rings is 2. The highest BCUT2D eigenvalue weighted by atomic mass is 35.5. The van der Waals surface area contributed by atoms with Gasteiger partial charge in [0.05, 0.1) is 21.1 Å².